The standard InChI is InChI=1S/C17H25FN4O3/c1-5-21-7-6-14-13(15(21)23)11-22(20-14)10-12(8-18)9-19-16(24)25-17(2,3)4/h8,11H,5-7,9-10H2,1-4H3,(H,19,24). The Morgan fingerprint density at radius 1 is 1.48 bits per heavy atom. The molecule has 2 amide bonds. The van der Waals surface area contributed by atoms with Crippen LogP contribution in [0.25, 0.3) is 0 Å². The van der Waals surface area contributed by atoms with Gasteiger partial charge >= 0.3 is 6.09 Å². The monoisotopic (exact) mass is 352 g/mol. The molecular weight excluding hydrogens is 327 g/mol. The second-order valence-corrected chi connectivity index (χ2v) is 6.94. The number of likely N-dealkylation sites (N-methyl/N-ethyl adjacent to an activating group) is 1. The summed E-state index contributed by atoms with van der Waals surface area (Å²) < 4.78 is 19.8. The van der Waals surface area contributed by atoms with Gasteiger partial charge in [-0.15, -0.1) is 0 Å². The van der Waals surface area contributed by atoms with E-state index in [0.29, 0.717) is 37.0 Å². The van der Waals surface area contributed by atoms with Crippen molar-refractivity contribution in [2.24, 2.45) is 0 Å². The van der Waals surface area contributed by atoms with Gasteiger partial charge in [-0.2, -0.15) is 5.10 Å². The number of alkyl carbamates (subject to hydrolysis) is 1. The Kier molecular flexibility index (Phi) is 5.81. The minimum absolute atomic E-state index is 0.00493. The normalized spacial score (nSPS) is 15.2. The lowest BCUT2D eigenvalue weighted by Crippen LogP contribution is -2.36. The molecule has 2 rings (SSSR count). The van der Waals surface area contributed by atoms with Crippen molar-refractivity contribution in [3.63, 3.8) is 0 Å². The number of hydrogen-bond acceptors (Lipinski definition) is 4. The fraction of sp³-hybridized carbons (Fsp3) is 0.588. The van der Waals surface area contributed by atoms with Crippen LogP contribution in [0.4, 0.5) is 9.18 Å². The SMILES string of the molecule is CCN1CCc2nn(CC(=CF)CNC(=O)OC(C)(C)C)cc2C1=O. The molecule has 0 saturated carbocycles. The van der Waals surface area contributed by atoms with Gasteiger partial charge in [0.05, 0.1) is 24.1 Å². The molecule has 0 saturated heterocycles. The highest BCUT2D eigenvalue weighted by Crippen LogP contribution is 2.18. The summed E-state index contributed by atoms with van der Waals surface area (Å²) in [6.07, 6.45) is 2.15. The van der Waals surface area contributed by atoms with E-state index in [0.717, 1.165) is 5.69 Å². The molecule has 25 heavy (non-hydrogen) atoms. The Hall–Kier alpha value is -2.38. The first-order valence-corrected chi connectivity index (χ1v) is 8.34. The lowest BCUT2D eigenvalue weighted by atomic mass is 10.1. The minimum atomic E-state index is -0.615. The molecule has 0 aromatic carbocycles. The van der Waals surface area contributed by atoms with Crippen LogP contribution in [-0.4, -0.2) is 51.9 Å². The van der Waals surface area contributed by atoms with Gasteiger partial charge in [-0.25, -0.2) is 9.18 Å². The van der Waals surface area contributed by atoms with E-state index in [1.54, 1.807) is 31.9 Å². The van der Waals surface area contributed by atoms with E-state index in [1.165, 1.54) is 4.68 Å². The van der Waals surface area contributed by atoms with Gasteiger partial charge in [0.1, 0.15) is 5.60 Å². The summed E-state index contributed by atoms with van der Waals surface area (Å²) in [5, 5.41) is 6.87. The fourth-order valence-corrected chi connectivity index (χ4v) is 2.56. The zero-order valence-electron chi connectivity index (χ0n) is 15.1. The molecular formula is C17H25FN4O3. The predicted molar refractivity (Wildman–Crippen MR) is 90.9 cm³/mol. The summed E-state index contributed by atoms with van der Waals surface area (Å²) in [6, 6.07) is 0. The Labute approximate surface area is 146 Å². The van der Waals surface area contributed by atoms with Crippen molar-refractivity contribution in [1.29, 1.82) is 0 Å². The first-order chi connectivity index (χ1) is 11.7. The molecule has 0 fully saturated rings. The largest absolute Gasteiger partial charge is 0.444 e. The molecule has 0 atom stereocenters. The van der Waals surface area contributed by atoms with Gasteiger partial charge in [0.2, 0.25) is 0 Å². The first-order valence-electron chi connectivity index (χ1n) is 8.34. The lowest BCUT2D eigenvalue weighted by molar-refractivity contribution is 0.0531. The molecule has 0 unspecified atom stereocenters. The average molecular weight is 352 g/mol. The molecule has 1 N–H and O–H groups in total. The predicted octanol–water partition coefficient (Wildman–Crippen LogP) is 2.28. The van der Waals surface area contributed by atoms with Gasteiger partial charge in [-0.05, 0) is 33.3 Å². The van der Waals surface area contributed by atoms with Gasteiger partial charge in [-0.1, -0.05) is 0 Å². The summed E-state index contributed by atoms with van der Waals surface area (Å²) >= 11 is 0. The Balaban J connectivity index is 1.97. The van der Waals surface area contributed by atoms with E-state index in [9.17, 15) is 14.0 Å². The molecule has 1 aromatic rings. The van der Waals surface area contributed by atoms with Crippen molar-refractivity contribution >= 4 is 12.0 Å². The third kappa shape index (κ3) is 5.04. The number of amides is 2. The number of nitrogens with zero attached hydrogens (tertiary/aromatic N) is 3. The smallest absolute Gasteiger partial charge is 0.407 e. The van der Waals surface area contributed by atoms with E-state index >= 15 is 0 Å². The molecule has 2 heterocycles. The fourth-order valence-electron chi connectivity index (χ4n) is 2.56. The van der Waals surface area contributed by atoms with Crippen molar-refractivity contribution in [2.45, 2.75) is 46.3 Å². The van der Waals surface area contributed by atoms with Crippen LogP contribution < -0.4 is 5.32 Å². The molecule has 8 heteroatoms. The summed E-state index contributed by atoms with van der Waals surface area (Å²) in [5.74, 6) is -0.0485. The summed E-state index contributed by atoms with van der Waals surface area (Å²) in [7, 11) is 0. The van der Waals surface area contributed by atoms with Crippen molar-refractivity contribution in [3.05, 3.63) is 29.4 Å². The van der Waals surface area contributed by atoms with E-state index in [1.807, 2.05) is 6.92 Å². The van der Waals surface area contributed by atoms with Crippen molar-refractivity contribution in [2.75, 3.05) is 19.6 Å². The van der Waals surface area contributed by atoms with Crippen LogP contribution in [-0.2, 0) is 17.7 Å². The first kappa shape index (κ1) is 19.0. The third-order valence-corrected chi connectivity index (χ3v) is 3.73. The number of rotatable bonds is 5. The van der Waals surface area contributed by atoms with E-state index in [-0.39, 0.29) is 19.0 Å². The maximum atomic E-state index is 13.1. The summed E-state index contributed by atoms with van der Waals surface area (Å²) in [5.41, 5.74) is 1.00. The maximum Gasteiger partial charge on any atom is 0.407 e. The highest BCUT2D eigenvalue weighted by atomic mass is 19.1. The van der Waals surface area contributed by atoms with Gasteiger partial charge in [0, 0.05) is 32.3 Å². The number of halogens is 1. The zero-order chi connectivity index (χ0) is 18.6. The topological polar surface area (TPSA) is 76.5 Å². The van der Waals surface area contributed by atoms with E-state index < -0.39 is 11.7 Å². The van der Waals surface area contributed by atoms with Crippen LogP contribution in [0.5, 0.6) is 0 Å². The molecule has 138 valence electrons. The Bertz CT molecular complexity index is 676. The minimum Gasteiger partial charge on any atom is -0.444 e. The molecule has 0 radical (unpaired) electrons. The van der Waals surface area contributed by atoms with Crippen LogP contribution in [0.15, 0.2) is 18.1 Å². The Morgan fingerprint density at radius 3 is 2.80 bits per heavy atom. The lowest BCUT2D eigenvalue weighted by Gasteiger charge is -2.24. The summed E-state index contributed by atoms with van der Waals surface area (Å²) in [4.78, 5) is 25.7. The molecule has 1 aromatic heterocycles. The van der Waals surface area contributed by atoms with E-state index in [2.05, 4.69) is 10.4 Å². The molecule has 0 bridgehead atoms. The van der Waals surface area contributed by atoms with Gasteiger partial charge < -0.3 is 15.0 Å². The second kappa shape index (κ2) is 7.67. The number of carbonyl (C=O) groups excluding carboxylic acids is 2. The molecule has 1 aliphatic heterocycles. The number of fused-ring (bicyclic) bond motifs is 1. The van der Waals surface area contributed by atoms with Crippen LogP contribution in [0, 0.1) is 0 Å². The van der Waals surface area contributed by atoms with E-state index in [4.69, 9.17) is 4.74 Å². The summed E-state index contributed by atoms with van der Waals surface area (Å²) in [6.45, 7) is 8.64. The average Bonchev–Trinajstić information content (AvgIpc) is 2.93. The molecule has 1 aliphatic rings. The van der Waals surface area contributed by atoms with Crippen molar-refractivity contribution < 1.29 is 18.7 Å². The number of nitrogens with one attached hydrogen (secondary N) is 1. The van der Waals surface area contributed by atoms with Crippen molar-refractivity contribution in [3.8, 4) is 0 Å². The molecule has 0 spiro atoms. The Morgan fingerprint density at radius 2 is 2.20 bits per heavy atom. The van der Waals surface area contributed by atoms with Crippen LogP contribution in [0.3, 0.4) is 0 Å². The zero-order valence-corrected chi connectivity index (χ0v) is 15.1. The second-order valence-electron chi connectivity index (χ2n) is 6.94. The van der Waals surface area contributed by atoms with Crippen molar-refractivity contribution in [1.82, 2.24) is 20.0 Å². The highest BCUT2D eigenvalue weighted by Gasteiger charge is 2.26. The van der Waals surface area contributed by atoms with Gasteiger partial charge in [0.15, 0.2) is 0 Å². The maximum absolute atomic E-state index is 13.1. The highest BCUT2D eigenvalue weighted by molar-refractivity contribution is 5.96. The van der Waals surface area contributed by atoms with Gasteiger partial charge in [-0.3, -0.25) is 9.48 Å². The molecule has 0 aliphatic carbocycles. The third-order valence-electron chi connectivity index (χ3n) is 3.73. The van der Waals surface area contributed by atoms with Gasteiger partial charge in [0.25, 0.3) is 5.91 Å². The van der Waals surface area contributed by atoms with Crippen LogP contribution in [0.2, 0.25) is 0 Å². The number of ether oxygens (including phenoxy) is 1. The quantitative estimate of drug-likeness (QED) is 0.882. The molecule has 7 nitrogen and oxygen atoms in total. The van der Waals surface area contributed by atoms with Crippen LogP contribution in [0.1, 0.15) is 43.7 Å². The number of aromatic nitrogens is 2. The number of hydrogen-bond donors (Lipinski definition) is 1. The van der Waals surface area contributed by atoms with Crippen LogP contribution >= 0.6 is 0 Å². The number of carbonyl (C=O) groups is 2.